The molecule has 70 valence electrons. The summed E-state index contributed by atoms with van der Waals surface area (Å²) in [4.78, 5) is 14.4. The maximum Gasteiger partial charge on any atom is 0.305 e. The maximum absolute atomic E-state index is 10.5. The van der Waals surface area contributed by atoms with Crippen LogP contribution in [-0.2, 0) is 9.53 Å². The van der Waals surface area contributed by atoms with Crippen molar-refractivity contribution in [3.05, 3.63) is 28.5 Å². The van der Waals surface area contributed by atoms with Crippen LogP contribution < -0.4 is 0 Å². The number of carbonyl (C=O) groups excluding carboxylic acids is 1. The molecule has 0 aliphatic carbocycles. The molecule has 0 aliphatic rings. The first-order chi connectivity index (χ1) is 6.09. The van der Waals surface area contributed by atoms with Crippen molar-refractivity contribution < 1.29 is 14.6 Å². The largest absolute Gasteiger partial charge is 0.430 e. The van der Waals surface area contributed by atoms with E-state index in [1.165, 1.54) is 6.92 Å². The van der Waals surface area contributed by atoms with Crippen LogP contribution in [0.15, 0.2) is 22.8 Å². The number of pyridine rings is 1. The van der Waals surface area contributed by atoms with Gasteiger partial charge in [-0.1, -0.05) is 6.07 Å². The van der Waals surface area contributed by atoms with E-state index in [2.05, 4.69) is 25.7 Å². The minimum atomic E-state index is -1.30. The summed E-state index contributed by atoms with van der Waals surface area (Å²) in [5, 5.41) is 9.29. The van der Waals surface area contributed by atoms with E-state index in [-0.39, 0.29) is 0 Å². The monoisotopic (exact) mass is 245 g/mol. The topological polar surface area (TPSA) is 59.4 Å². The Hall–Kier alpha value is -0.940. The molecule has 1 aromatic rings. The van der Waals surface area contributed by atoms with Gasteiger partial charge in [0, 0.05) is 6.92 Å². The highest BCUT2D eigenvalue weighted by Gasteiger charge is 2.11. The summed E-state index contributed by atoms with van der Waals surface area (Å²) in [5.74, 6) is -0.547. The fourth-order valence-corrected chi connectivity index (χ4v) is 1.14. The number of carbonyl (C=O) groups is 1. The predicted octanol–water partition coefficient (Wildman–Crippen LogP) is 1.40. The van der Waals surface area contributed by atoms with Crippen molar-refractivity contribution in [2.45, 2.75) is 13.2 Å². The number of halogens is 1. The minimum Gasteiger partial charge on any atom is -0.430 e. The SMILES string of the molecule is CC(=O)OC(O)c1cccc(Br)n1. The number of nitrogens with zero attached hydrogens (tertiary/aromatic N) is 1. The molecule has 0 saturated heterocycles. The number of ether oxygens (including phenoxy) is 1. The summed E-state index contributed by atoms with van der Waals surface area (Å²) < 4.78 is 5.10. The molecule has 1 unspecified atom stereocenters. The molecule has 13 heavy (non-hydrogen) atoms. The minimum absolute atomic E-state index is 0.296. The van der Waals surface area contributed by atoms with E-state index in [4.69, 9.17) is 0 Å². The van der Waals surface area contributed by atoms with Gasteiger partial charge >= 0.3 is 5.97 Å². The van der Waals surface area contributed by atoms with Crippen LogP contribution in [0, 0.1) is 0 Å². The summed E-state index contributed by atoms with van der Waals surface area (Å²) in [7, 11) is 0. The number of rotatable bonds is 2. The molecule has 0 radical (unpaired) electrons. The van der Waals surface area contributed by atoms with E-state index in [1.54, 1.807) is 18.2 Å². The Morgan fingerprint density at radius 3 is 2.92 bits per heavy atom. The van der Waals surface area contributed by atoms with Gasteiger partial charge in [0.25, 0.3) is 0 Å². The summed E-state index contributed by atoms with van der Waals surface area (Å²) in [6.07, 6.45) is -1.30. The van der Waals surface area contributed by atoms with E-state index < -0.39 is 12.3 Å². The molecular formula is C8H8BrNO3. The molecule has 0 aromatic carbocycles. The third kappa shape index (κ3) is 3.12. The lowest BCUT2D eigenvalue weighted by atomic mass is 10.3. The van der Waals surface area contributed by atoms with Crippen LogP contribution in [0.3, 0.4) is 0 Å². The number of esters is 1. The van der Waals surface area contributed by atoms with Crippen LogP contribution in [0.4, 0.5) is 0 Å². The maximum atomic E-state index is 10.5. The van der Waals surface area contributed by atoms with Gasteiger partial charge in [-0.15, -0.1) is 0 Å². The van der Waals surface area contributed by atoms with Gasteiger partial charge < -0.3 is 9.84 Å². The highest BCUT2D eigenvalue weighted by molar-refractivity contribution is 9.10. The van der Waals surface area contributed by atoms with Crippen LogP contribution in [-0.4, -0.2) is 16.1 Å². The standard InChI is InChI=1S/C8H8BrNO3/c1-5(11)13-8(12)6-3-2-4-7(9)10-6/h2-4,8,12H,1H3. The van der Waals surface area contributed by atoms with Crippen molar-refractivity contribution in [3.63, 3.8) is 0 Å². The molecule has 0 aliphatic heterocycles. The molecule has 0 amide bonds. The molecule has 1 aromatic heterocycles. The first-order valence-corrected chi connectivity index (χ1v) is 4.36. The Kier molecular flexibility index (Phi) is 3.39. The quantitative estimate of drug-likeness (QED) is 0.486. The highest BCUT2D eigenvalue weighted by atomic mass is 79.9. The fourth-order valence-electron chi connectivity index (χ4n) is 0.779. The molecule has 4 nitrogen and oxygen atoms in total. The number of hydrogen-bond donors (Lipinski definition) is 1. The van der Waals surface area contributed by atoms with Gasteiger partial charge in [-0.2, -0.15) is 0 Å². The molecule has 0 saturated carbocycles. The zero-order valence-electron chi connectivity index (χ0n) is 6.90. The lowest BCUT2D eigenvalue weighted by molar-refractivity contribution is -0.166. The smallest absolute Gasteiger partial charge is 0.305 e. The molecule has 1 heterocycles. The first kappa shape index (κ1) is 10.1. The summed E-state index contributed by atoms with van der Waals surface area (Å²) in [6.45, 7) is 1.22. The average Bonchev–Trinajstić information content (AvgIpc) is 2.03. The Balaban J connectivity index is 2.76. The Morgan fingerprint density at radius 2 is 2.38 bits per heavy atom. The number of aliphatic hydroxyl groups excluding tert-OH is 1. The van der Waals surface area contributed by atoms with E-state index in [0.717, 1.165) is 0 Å². The molecule has 0 bridgehead atoms. The average molecular weight is 246 g/mol. The number of aromatic nitrogens is 1. The molecule has 5 heteroatoms. The van der Waals surface area contributed by atoms with Crippen molar-refractivity contribution in [2.75, 3.05) is 0 Å². The van der Waals surface area contributed by atoms with Crippen LogP contribution in [0.1, 0.15) is 18.9 Å². The number of aliphatic hydroxyl groups is 1. The molecule has 0 fully saturated rings. The van der Waals surface area contributed by atoms with Crippen molar-refractivity contribution >= 4 is 21.9 Å². The lowest BCUT2D eigenvalue weighted by Gasteiger charge is -2.09. The number of hydrogen-bond acceptors (Lipinski definition) is 4. The van der Waals surface area contributed by atoms with Crippen molar-refractivity contribution in [1.82, 2.24) is 4.98 Å². The second-order valence-corrected chi connectivity index (χ2v) is 3.16. The van der Waals surface area contributed by atoms with E-state index in [9.17, 15) is 9.90 Å². The molecule has 1 N–H and O–H groups in total. The van der Waals surface area contributed by atoms with E-state index in [0.29, 0.717) is 10.3 Å². The van der Waals surface area contributed by atoms with Crippen LogP contribution in [0.2, 0.25) is 0 Å². The molecule has 1 atom stereocenters. The van der Waals surface area contributed by atoms with Crippen molar-refractivity contribution in [1.29, 1.82) is 0 Å². The van der Waals surface area contributed by atoms with Gasteiger partial charge in [-0.05, 0) is 28.1 Å². The van der Waals surface area contributed by atoms with Crippen molar-refractivity contribution in [3.8, 4) is 0 Å². The zero-order chi connectivity index (χ0) is 9.84. The van der Waals surface area contributed by atoms with Gasteiger partial charge in [-0.25, -0.2) is 4.98 Å². The second kappa shape index (κ2) is 4.34. The van der Waals surface area contributed by atoms with Gasteiger partial charge in [0.1, 0.15) is 10.3 Å². The fraction of sp³-hybridized carbons (Fsp3) is 0.250. The Morgan fingerprint density at radius 1 is 1.69 bits per heavy atom. The normalized spacial score (nSPS) is 12.2. The zero-order valence-corrected chi connectivity index (χ0v) is 8.48. The molecule has 1 rings (SSSR count). The Bertz CT molecular complexity index is 316. The third-order valence-corrected chi connectivity index (χ3v) is 1.71. The highest BCUT2D eigenvalue weighted by Crippen LogP contribution is 2.14. The van der Waals surface area contributed by atoms with E-state index >= 15 is 0 Å². The second-order valence-electron chi connectivity index (χ2n) is 2.35. The van der Waals surface area contributed by atoms with Crippen LogP contribution in [0.5, 0.6) is 0 Å². The first-order valence-electron chi connectivity index (χ1n) is 3.57. The van der Waals surface area contributed by atoms with Crippen LogP contribution in [0.25, 0.3) is 0 Å². The Labute approximate surface area is 83.7 Å². The third-order valence-electron chi connectivity index (χ3n) is 1.27. The van der Waals surface area contributed by atoms with Gasteiger partial charge in [0.05, 0.1) is 0 Å². The van der Waals surface area contributed by atoms with Gasteiger partial charge in [0.15, 0.2) is 0 Å². The summed E-state index contributed by atoms with van der Waals surface area (Å²) in [6, 6.07) is 4.97. The lowest BCUT2D eigenvalue weighted by Crippen LogP contribution is -2.08. The van der Waals surface area contributed by atoms with E-state index in [1.807, 2.05) is 0 Å². The summed E-state index contributed by atoms with van der Waals surface area (Å²) >= 11 is 3.13. The van der Waals surface area contributed by atoms with Crippen LogP contribution >= 0.6 is 15.9 Å². The van der Waals surface area contributed by atoms with Crippen molar-refractivity contribution in [2.24, 2.45) is 0 Å². The summed E-state index contributed by atoms with van der Waals surface area (Å²) in [5.41, 5.74) is 0.296. The van der Waals surface area contributed by atoms with Gasteiger partial charge in [-0.3, -0.25) is 4.79 Å². The predicted molar refractivity (Wildman–Crippen MR) is 48.7 cm³/mol. The molecular weight excluding hydrogens is 238 g/mol. The molecule has 0 spiro atoms. The van der Waals surface area contributed by atoms with Gasteiger partial charge in [0.2, 0.25) is 6.29 Å².